The summed E-state index contributed by atoms with van der Waals surface area (Å²) in [4.78, 5) is 0. The lowest BCUT2D eigenvalue weighted by Gasteiger charge is -1.93. The van der Waals surface area contributed by atoms with Crippen LogP contribution in [-0.2, 0) is 14.2 Å². The predicted octanol–water partition coefficient (Wildman–Crippen LogP) is 2.05. The maximum Gasteiger partial charge on any atom is 0.187 e. The molecule has 3 nitrogen and oxygen atoms in total. The van der Waals surface area contributed by atoms with Gasteiger partial charge in [0.05, 0.1) is 0 Å². The molecule has 3 heteroatoms. The van der Waals surface area contributed by atoms with Gasteiger partial charge in [-0.2, -0.15) is 0 Å². The van der Waals surface area contributed by atoms with E-state index in [1.54, 1.807) is 0 Å². The van der Waals surface area contributed by atoms with Gasteiger partial charge < -0.3 is 14.2 Å². The van der Waals surface area contributed by atoms with E-state index < -0.39 is 0 Å². The molecule has 0 aromatic rings. The molecule has 4 atom stereocenters. The van der Waals surface area contributed by atoms with Gasteiger partial charge in [-0.15, -0.1) is 0 Å². The van der Waals surface area contributed by atoms with E-state index in [1.165, 1.54) is 0 Å². The lowest BCUT2D eigenvalue weighted by atomic mass is 10.2. The molecule has 0 amide bonds. The Bertz CT molecular complexity index is 154. The van der Waals surface area contributed by atoms with Gasteiger partial charge in [-0.05, 0) is 12.8 Å². The first-order valence-corrected chi connectivity index (χ1v) is 5.31. The molecule has 0 aromatic heterocycles. The molecule has 2 rings (SSSR count). The van der Waals surface area contributed by atoms with E-state index in [0.29, 0.717) is 12.2 Å². The van der Waals surface area contributed by atoms with Gasteiger partial charge >= 0.3 is 0 Å². The van der Waals surface area contributed by atoms with E-state index >= 15 is 0 Å². The van der Waals surface area contributed by atoms with Crippen molar-refractivity contribution in [1.29, 1.82) is 0 Å². The Morgan fingerprint density at radius 3 is 1.77 bits per heavy atom. The Kier molecular flexibility index (Phi) is 2.86. The number of hydrogen-bond acceptors (Lipinski definition) is 3. The van der Waals surface area contributed by atoms with Crippen molar-refractivity contribution in [2.45, 2.75) is 64.3 Å². The van der Waals surface area contributed by atoms with Crippen molar-refractivity contribution in [3.8, 4) is 0 Å². The van der Waals surface area contributed by atoms with Crippen molar-refractivity contribution in [3.05, 3.63) is 0 Å². The van der Waals surface area contributed by atoms with Crippen LogP contribution in [0.15, 0.2) is 0 Å². The molecule has 0 spiro atoms. The number of hydrogen-bond donors (Lipinski definition) is 0. The van der Waals surface area contributed by atoms with E-state index in [2.05, 4.69) is 13.8 Å². The van der Waals surface area contributed by atoms with E-state index in [1.807, 2.05) is 0 Å². The molecular formula is C10H18O3. The number of ether oxygens (including phenoxy) is 3. The third-order valence-electron chi connectivity index (χ3n) is 2.49. The molecule has 2 aliphatic rings. The van der Waals surface area contributed by atoms with E-state index in [9.17, 15) is 0 Å². The fraction of sp³-hybridized carbons (Fsp3) is 1.00. The Morgan fingerprint density at radius 1 is 0.923 bits per heavy atom. The van der Waals surface area contributed by atoms with Crippen LogP contribution in [0.3, 0.4) is 0 Å². The summed E-state index contributed by atoms with van der Waals surface area (Å²) in [6.45, 7) is 4.32. The SMILES string of the molecule is CCCC1OC1OC1OC1CCC. The van der Waals surface area contributed by atoms with Gasteiger partial charge in [0, 0.05) is 0 Å². The molecule has 2 saturated heterocycles. The minimum atomic E-state index is 0.0341. The highest BCUT2D eigenvalue weighted by Crippen LogP contribution is 2.35. The van der Waals surface area contributed by atoms with Crippen LogP contribution in [0.2, 0.25) is 0 Å². The van der Waals surface area contributed by atoms with E-state index in [-0.39, 0.29) is 12.6 Å². The van der Waals surface area contributed by atoms with Gasteiger partial charge in [0.15, 0.2) is 12.6 Å². The minimum Gasteiger partial charge on any atom is -0.341 e. The Balaban J connectivity index is 1.56. The molecular weight excluding hydrogens is 168 g/mol. The van der Waals surface area contributed by atoms with E-state index in [0.717, 1.165) is 25.7 Å². The topological polar surface area (TPSA) is 34.3 Å². The van der Waals surface area contributed by atoms with Gasteiger partial charge in [0.25, 0.3) is 0 Å². The number of epoxide rings is 2. The molecule has 4 unspecified atom stereocenters. The van der Waals surface area contributed by atoms with Crippen molar-refractivity contribution in [1.82, 2.24) is 0 Å². The van der Waals surface area contributed by atoms with Gasteiger partial charge in [0.2, 0.25) is 0 Å². The van der Waals surface area contributed by atoms with Crippen LogP contribution in [-0.4, -0.2) is 24.8 Å². The second kappa shape index (κ2) is 3.95. The van der Waals surface area contributed by atoms with Gasteiger partial charge in [-0.3, -0.25) is 0 Å². The van der Waals surface area contributed by atoms with Crippen LogP contribution in [0, 0.1) is 0 Å². The zero-order chi connectivity index (χ0) is 9.26. The normalized spacial score (nSPS) is 42.0. The Hall–Kier alpha value is -0.120. The van der Waals surface area contributed by atoms with Gasteiger partial charge in [-0.25, -0.2) is 0 Å². The van der Waals surface area contributed by atoms with Crippen LogP contribution in [0.4, 0.5) is 0 Å². The van der Waals surface area contributed by atoms with Gasteiger partial charge in [-0.1, -0.05) is 26.7 Å². The molecule has 0 aromatic carbocycles. The highest BCUT2D eigenvalue weighted by molar-refractivity contribution is 4.82. The van der Waals surface area contributed by atoms with Crippen molar-refractivity contribution >= 4 is 0 Å². The third-order valence-corrected chi connectivity index (χ3v) is 2.49. The Labute approximate surface area is 79.4 Å². The quantitative estimate of drug-likeness (QED) is 0.595. The fourth-order valence-electron chi connectivity index (χ4n) is 1.60. The first-order chi connectivity index (χ1) is 6.35. The molecule has 0 bridgehead atoms. The van der Waals surface area contributed by atoms with Crippen LogP contribution in [0.1, 0.15) is 39.5 Å². The maximum absolute atomic E-state index is 5.56. The second-order valence-electron chi connectivity index (χ2n) is 3.80. The van der Waals surface area contributed by atoms with Crippen molar-refractivity contribution in [3.63, 3.8) is 0 Å². The van der Waals surface area contributed by atoms with Crippen molar-refractivity contribution < 1.29 is 14.2 Å². The molecule has 2 aliphatic heterocycles. The summed E-state index contributed by atoms with van der Waals surface area (Å²) in [5.74, 6) is 0. The molecule has 13 heavy (non-hydrogen) atoms. The summed E-state index contributed by atoms with van der Waals surface area (Å²) < 4.78 is 16.2. The first kappa shape index (κ1) is 9.44. The summed E-state index contributed by atoms with van der Waals surface area (Å²) in [5, 5.41) is 0. The average Bonchev–Trinajstić information content (AvgIpc) is 2.97. The molecule has 0 saturated carbocycles. The zero-order valence-corrected chi connectivity index (χ0v) is 8.36. The fourth-order valence-corrected chi connectivity index (χ4v) is 1.60. The molecule has 76 valence electrons. The molecule has 0 N–H and O–H groups in total. The lowest BCUT2D eigenvalue weighted by molar-refractivity contribution is -0.0103. The van der Waals surface area contributed by atoms with Crippen molar-refractivity contribution in [2.24, 2.45) is 0 Å². The van der Waals surface area contributed by atoms with E-state index in [4.69, 9.17) is 14.2 Å². The number of rotatable bonds is 6. The molecule has 0 radical (unpaired) electrons. The molecule has 2 fully saturated rings. The van der Waals surface area contributed by atoms with Crippen LogP contribution < -0.4 is 0 Å². The Morgan fingerprint density at radius 2 is 1.38 bits per heavy atom. The monoisotopic (exact) mass is 186 g/mol. The zero-order valence-electron chi connectivity index (χ0n) is 8.36. The van der Waals surface area contributed by atoms with Crippen LogP contribution >= 0.6 is 0 Å². The summed E-state index contributed by atoms with van der Waals surface area (Å²) in [6, 6.07) is 0. The smallest absolute Gasteiger partial charge is 0.187 e. The first-order valence-electron chi connectivity index (χ1n) is 5.31. The lowest BCUT2D eigenvalue weighted by Crippen LogP contribution is -2.05. The van der Waals surface area contributed by atoms with Gasteiger partial charge in [0.1, 0.15) is 12.2 Å². The largest absolute Gasteiger partial charge is 0.341 e. The summed E-state index contributed by atoms with van der Waals surface area (Å²) in [7, 11) is 0. The summed E-state index contributed by atoms with van der Waals surface area (Å²) in [6.07, 6.45) is 5.29. The van der Waals surface area contributed by atoms with Crippen molar-refractivity contribution in [2.75, 3.05) is 0 Å². The second-order valence-corrected chi connectivity index (χ2v) is 3.80. The summed E-state index contributed by atoms with van der Waals surface area (Å²) >= 11 is 0. The average molecular weight is 186 g/mol. The summed E-state index contributed by atoms with van der Waals surface area (Å²) in [5.41, 5.74) is 0. The highest BCUT2D eigenvalue weighted by atomic mass is 16.9. The molecule has 2 heterocycles. The van der Waals surface area contributed by atoms with Crippen LogP contribution in [0.5, 0.6) is 0 Å². The highest BCUT2D eigenvalue weighted by Gasteiger charge is 2.48. The maximum atomic E-state index is 5.56. The predicted molar refractivity (Wildman–Crippen MR) is 48.2 cm³/mol. The standard InChI is InChI=1S/C10H18O3/c1-3-5-7-9(11-7)13-10-8(12-10)6-4-2/h7-10H,3-6H2,1-2H3. The molecule has 0 aliphatic carbocycles. The minimum absolute atomic E-state index is 0.0341. The van der Waals surface area contributed by atoms with Crippen LogP contribution in [0.25, 0.3) is 0 Å². The third kappa shape index (κ3) is 2.42.